The Morgan fingerprint density at radius 3 is 2.60 bits per heavy atom. The summed E-state index contributed by atoms with van der Waals surface area (Å²) in [5.74, 6) is -0.730. The van der Waals surface area contributed by atoms with Gasteiger partial charge in [0.2, 0.25) is 0 Å². The number of carboxylic acids is 1. The van der Waals surface area contributed by atoms with Crippen molar-refractivity contribution in [2.45, 2.75) is 33.7 Å². The summed E-state index contributed by atoms with van der Waals surface area (Å²) in [6, 6.07) is -0.122. The summed E-state index contributed by atoms with van der Waals surface area (Å²) in [4.78, 5) is 15.8. The van der Waals surface area contributed by atoms with Crippen LogP contribution in [0, 0.1) is 20.8 Å². The molecule has 1 unspecified atom stereocenters. The Morgan fingerprint density at radius 1 is 1.35 bits per heavy atom. The maximum absolute atomic E-state index is 11.4. The number of aromatic nitrogens is 3. The minimum Gasteiger partial charge on any atom is -0.478 e. The van der Waals surface area contributed by atoms with E-state index in [-0.39, 0.29) is 17.4 Å². The van der Waals surface area contributed by atoms with Gasteiger partial charge in [-0.3, -0.25) is 0 Å². The minimum absolute atomic E-state index is 0.122. The van der Waals surface area contributed by atoms with Gasteiger partial charge in [-0.05, 0) is 33.3 Å². The molecule has 0 aliphatic heterocycles. The normalized spacial score (nSPS) is 12.2. The van der Waals surface area contributed by atoms with Crippen LogP contribution in [-0.2, 0) is 0 Å². The summed E-state index contributed by atoms with van der Waals surface area (Å²) < 4.78 is 0. The van der Waals surface area contributed by atoms with Gasteiger partial charge in [0.05, 0.1) is 11.7 Å². The van der Waals surface area contributed by atoms with Gasteiger partial charge < -0.3 is 10.4 Å². The summed E-state index contributed by atoms with van der Waals surface area (Å²) in [5, 5.41) is 23.2. The third-order valence-electron chi connectivity index (χ3n) is 3.03. The summed E-state index contributed by atoms with van der Waals surface area (Å²) in [6.45, 7) is 7.31. The molecule has 2 N–H and O–H groups in total. The van der Waals surface area contributed by atoms with Crippen LogP contribution in [0.5, 0.6) is 0 Å². The predicted molar refractivity (Wildman–Crippen MR) is 77.4 cm³/mol. The van der Waals surface area contributed by atoms with Crippen molar-refractivity contribution in [2.24, 2.45) is 0 Å². The van der Waals surface area contributed by atoms with Crippen molar-refractivity contribution < 1.29 is 9.90 Å². The van der Waals surface area contributed by atoms with E-state index in [1.165, 1.54) is 11.3 Å². The van der Waals surface area contributed by atoms with Crippen LogP contribution in [0.1, 0.15) is 45.3 Å². The van der Waals surface area contributed by atoms with E-state index in [2.05, 4.69) is 20.5 Å². The quantitative estimate of drug-likeness (QED) is 0.900. The summed E-state index contributed by atoms with van der Waals surface area (Å²) in [6.07, 6.45) is 0. The number of carbonyl (C=O) groups is 1. The number of nitrogens with zero attached hydrogens (tertiary/aromatic N) is 3. The molecule has 0 bridgehead atoms. The predicted octanol–water partition coefficient (Wildman–Crippen LogP) is 2.73. The molecule has 0 saturated carbocycles. The fourth-order valence-electron chi connectivity index (χ4n) is 1.81. The molecule has 20 heavy (non-hydrogen) atoms. The number of thiazole rings is 1. The average molecular weight is 292 g/mol. The van der Waals surface area contributed by atoms with Crippen molar-refractivity contribution in [1.82, 2.24) is 15.2 Å². The first kappa shape index (κ1) is 14.4. The van der Waals surface area contributed by atoms with E-state index in [0.717, 1.165) is 10.7 Å². The second-order valence-electron chi connectivity index (χ2n) is 4.63. The standard InChI is InChI=1S/C13H16N4O2S/c1-6-5-20-12(14-6)9(4)15-11-10(13(18)19)7(2)8(3)16-17-11/h5,9H,1-4H3,(H,15,17)(H,18,19). The molecule has 0 fully saturated rings. The fraction of sp³-hybridized carbons (Fsp3) is 0.385. The van der Waals surface area contributed by atoms with Crippen LogP contribution in [0.15, 0.2) is 5.38 Å². The average Bonchev–Trinajstić information content (AvgIpc) is 2.80. The van der Waals surface area contributed by atoms with E-state index in [1.807, 2.05) is 19.2 Å². The Morgan fingerprint density at radius 2 is 2.05 bits per heavy atom. The third-order valence-corrected chi connectivity index (χ3v) is 4.17. The van der Waals surface area contributed by atoms with Crippen LogP contribution >= 0.6 is 11.3 Å². The number of hydrogen-bond donors (Lipinski definition) is 2. The number of aromatic carboxylic acids is 1. The van der Waals surface area contributed by atoms with Crippen LogP contribution in [0.2, 0.25) is 0 Å². The van der Waals surface area contributed by atoms with Crippen molar-refractivity contribution in [3.05, 3.63) is 32.9 Å². The molecule has 0 aromatic carbocycles. The molecule has 0 saturated heterocycles. The largest absolute Gasteiger partial charge is 0.478 e. The first-order valence-electron chi connectivity index (χ1n) is 6.16. The number of aryl methyl sites for hydroxylation is 2. The van der Waals surface area contributed by atoms with E-state index >= 15 is 0 Å². The Bertz CT molecular complexity index is 654. The van der Waals surface area contributed by atoms with E-state index in [1.54, 1.807) is 13.8 Å². The van der Waals surface area contributed by atoms with Crippen molar-refractivity contribution in [2.75, 3.05) is 5.32 Å². The number of carboxylic acid groups (broad SMARTS) is 1. The molecular formula is C13H16N4O2S. The highest BCUT2D eigenvalue weighted by Crippen LogP contribution is 2.25. The highest BCUT2D eigenvalue weighted by molar-refractivity contribution is 7.09. The Hall–Kier alpha value is -2.02. The van der Waals surface area contributed by atoms with Gasteiger partial charge >= 0.3 is 5.97 Å². The molecular weight excluding hydrogens is 276 g/mol. The van der Waals surface area contributed by atoms with Crippen molar-refractivity contribution >= 4 is 23.1 Å². The van der Waals surface area contributed by atoms with Crippen molar-refractivity contribution in [3.63, 3.8) is 0 Å². The smallest absolute Gasteiger partial charge is 0.339 e. The lowest BCUT2D eigenvalue weighted by Gasteiger charge is -2.15. The van der Waals surface area contributed by atoms with Crippen LogP contribution in [-0.4, -0.2) is 26.3 Å². The molecule has 2 aromatic rings. The Balaban J connectivity index is 2.34. The number of hydrogen-bond acceptors (Lipinski definition) is 6. The first-order valence-corrected chi connectivity index (χ1v) is 7.04. The Kier molecular flexibility index (Phi) is 3.99. The highest BCUT2D eigenvalue weighted by atomic mass is 32.1. The summed E-state index contributed by atoms with van der Waals surface area (Å²) in [7, 11) is 0. The van der Waals surface area contributed by atoms with Crippen molar-refractivity contribution in [3.8, 4) is 0 Å². The van der Waals surface area contributed by atoms with Gasteiger partial charge in [-0.25, -0.2) is 9.78 Å². The van der Waals surface area contributed by atoms with Crippen LogP contribution in [0.4, 0.5) is 5.82 Å². The molecule has 2 heterocycles. The molecule has 1 atom stereocenters. The van der Waals surface area contributed by atoms with Gasteiger partial charge in [-0.15, -0.1) is 16.4 Å². The summed E-state index contributed by atoms with van der Waals surface area (Å²) in [5.41, 5.74) is 2.35. The minimum atomic E-state index is -1.01. The van der Waals surface area contributed by atoms with E-state index < -0.39 is 5.97 Å². The van der Waals surface area contributed by atoms with E-state index in [9.17, 15) is 9.90 Å². The maximum Gasteiger partial charge on any atom is 0.339 e. The van der Waals surface area contributed by atoms with Crippen LogP contribution in [0.25, 0.3) is 0 Å². The topological polar surface area (TPSA) is 88.0 Å². The molecule has 2 rings (SSSR count). The van der Waals surface area contributed by atoms with E-state index in [4.69, 9.17) is 0 Å². The fourth-order valence-corrected chi connectivity index (χ4v) is 2.61. The molecule has 6 nitrogen and oxygen atoms in total. The second kappa shape index (κ2) is 5.54. The number of anilines is 1. The first-order chi connectivity index (χ1) is 9.40. The Labute approximate surface area is 120 Å². The lowest BCUT2D eigenvalue weighted by atomic mass is 10.1. The van der Waals surface area contributed by atoms with Gasteiger partial charge in [-0.1, -0.05) is 0 Å². The summed E-state index contributed by atoms with van der Waals surface area (Å²) >= 11 is 1.53. The molecule has 106 valence electrons. The molecule has 0 spiro atoms. The number of rotatable bonds is 4. The molecule has 0 amide bonds. The second-order valence-corrected chi connectivity index (χ2v) is 5.52. The maximum atomic E-state index is 11.4. The zero-order valence-corrected chi connectivity index (χ0v) is 12.6. The van der Waals surface area contributed by atoms with Crippen LogP contribution < -0.4 is 5.32 Å². The lowest BCUT2D eigenvalue weighted by Crippen LogP contribution is -2.15. The monoisotopic (exact) mass is 292 g/mol. The zero-order chi connectivity index (χ0) is 14.9. The van der Waals surface area contributed by atoms with Gasteiger partial charge in [0, 0.05) is 11.1 Å². The zero-order valence-electron chi connectivity index (χ0n) is 11.8. The molecule has 7 heteroatoms. The lowest BCUT2D eigenvalue weighted by molar-refractivity contribution is 0.0696. The van der Waals surface area contributed by atoms with Gasteiger partial charge in [0.15, 0.2) is 5.82 Å². The third kappa shape index (κ3) is 2.77. The van der Waals surface area contributed by atoms with Gasteiger partial charge in [-0.2, -0.15) is 5.10 Å². The van der Waals surface area contributed by atoms with E-state index in [0.29, 0.717) is 11.3 Å². The molecule has 0 aliphatic rings. The van der Waals surface area contributed by atoms with Gasteiger partial charge in [0.1, 0.15) is 10.6 Å². The molecule has 0 aliphatic carbocycles. The SMILES string of the molecule is Cc1csc(C(C)Nc2nnc(C)c(C)c2C(=O)O)n1. The molecule has 0 radical (unpaired) electrons. The highest BCUT2D eigenvalue weighted by Gasteiger charge is 2.20. The van der Waals surface area contributed by atoms with Crippen molar-refractivity contribution in [1.29, 1.82) is 0 Å². The van der Waals surface area contributed by atoms with Crippen LogP contribution in [0.3, 0.4) is 0 Å². The van der Waals surface area contributed by atoms with Gasteiger partial charge in [0.25, 0.3) is 0 Å². The number of nitrogens with one attached hydrogen (secondary N) is 1. The molecule has 2 aromatic heterocycles.